The molecule has 1 aliphatic carbocycles. The number of carbonyl (C=O) groups is 1. The van der Waals surface area contributed by atoms with E-state index in [-0.39, 0.29) is 0 Å². The van der Waals surface area contributed by atoms with Crippen molar-refractivity contribution < 1.29 is 9.90 Å². The summed E-state index contributed by atoms with van der Waals surface area (Å²) >= 11 is 0. The van der Waals surface area contributed by atoms with Gasteiger partial charge >= 0.3 is 5.97 Å². The molecule has 2 rings (SSSR count). The summed E-state index contributed by atoms with van der Waals surface area (Å²) in [6.07, 6.45) is 8.44. The fraction of sp³-hybridized carbons (Fsp3) is 0.929. The first-order valence-electron chi connectivity index (χ1n) is 7.12. The Morgan fingerprint density at radius 1 is 1.35 bits per heavy atom. The second-order valence-corrected chi connectivity index (χ2v) is 5.93. The molecule has 1 unspecified atom stereocenters. The fourth-order valence-corrected chi connectivity index (χ4v) is 3.46. The summed E-state index contributed by atoms with van der Waals surface area (Å²) in [6, 6.07) is 0. The van der Waals surface area contributed by atoms with Gasteiger partial charge in [0.1, 0.15) is 0 Å². The molecule has 17 heavy (non-hydrogen) atoms. The summed E-state index contributed by atoms with van der Waals surface area (Å²) in [7, 11) is 0. The van der Waals surface area contributed by atoms with Crippen molar-refractivity contribution in [2.75, 3.05) is 19.6 Å². The number of hydrogen-bond acceptors (Lipinski definition) is 2. The molecular weight excluding hydrogens is 214 g/mol. The van der Waals surface area contributed by atoms with Crippen molar-refractivity contribution >= 4 is 5.97 Å². The molecule has 2 aliphatic rings. The first-order chi connectivity index (χ1) is 8.16. The SMILES string of the molecule is CCC1(C(=O)O)CCN(CC2CCCCC2)C1. The first-order valence-corrected chi connectivity index (χ1v) is 7.12. The molecule has 0 spiro atoms. The van der Waals surface area contributed by atoms with Crippen LogP contribution in [0, 0.1) is 11.3 Å². The van der Waals surface area contributed by atoms with E-state index in [2.05, 4.69) is 4.90 Å². The predicted molar refractivity (Wildman–Crippen MR) is 68.0 cm³/mol. The second-order valence-electron chi connectivity index (χ2n) is 5.93. The van der Waals surface area contributed by atoms with Gasteiger partial charge in [-0.3, -0.25) is 4.79 Å². The lowest BCUT2D eigenvalue weighted by molar-refractivity contribution is -0.148. The van der Waals surface area contributed by atoms with E-state index in [1.807, 2.05) is 6.92 Å². The van der Waals surface area contributed by atoms with Crippen molar-refractivity contribution in [2.24, 2.45) is 11.3 Å². The Balaban J connectivity index is 1.86. The van der Waals surface area contributed by atoms with Crippen LogP contribution in [-0.4, -0.2) is 35.6 Å². The van der Waals surface area contributed by atoms with Crippen LogP contribution >= 0.6 is 0 Å². The van der Waals surface area contributed by atoms with Gasteiger partial charge < -0.3 is 10.0 Å². The third kappa shape index (κ3) is 2.82. The van der Waals surface area contributed by atoms with Crippen LogP contribution in [0.1, 0.15) is 51.9 Å². The van der Waals surface area contributed by atoms with E-state index in [1.54, 1.807) is 0 Å². The van der Waals surface area contributed by atoms with Crippen LogP contribution in [0.5, 0.6) is 0 Å². The van der Waals surface area contributed by atoms with E-state index in [4.69, 9.17) is 0 Å². The van der Waals surface area contributed by atoms with Crippen molar-refractivity contribution in [2.45, 2.75) is 51.9 Å². The topological polar surface area (TPSA) is 40.5 Å². The first kappa shape index (κ1) is 12.9. The highest BCUT2D eigenvalue weighted by molar-refractivity contribution is 5.75. The van der Waals surface area contributed by atoms with E-state index in [0.29, 0.717) is 0 Å². The predicted octanol–water partition coefficient (Wildman–Crippen LogP) is 2.75. The molecule has 1 aliphatic heterocycles. The van der Waals surface area contributed by atoms with Crippen LogP contribution in [0.3, 0.4) is 0 Å². The van der Waals surface area contributed by atoms with Gasteiger partial charge in [0.25, 0.3) is 0 Å². The summed E-state index contributed by atoms with van der Waals surface area (Å²) in [5.41, 5.74) is -0.450. The van der Waals surface area contributed by atoms with Crippen LogP contribution in [0.4, 0.5) is 0 Å². The molecule has 0 aromatic carbocycles. The van der Waals surface area contributed by atoms with Gasteiger partial charge in [-0.2, -0.15) is 0 Å². The highest BCUT2D eigenvalue weighted by Gasteiger charge is 2.43. The summed E-state index contributed by atoms with van der Waals surface area (Å²) in [5.74, 6) is 0.233. The van der Waals surface area contributed by atoms with Gasteiger partial charge in [-0.05, 0) is 38.1 Å². The highest BCUT2D eigenvalue weighted by Crippen LogP contribution is 2.35. The lowest BCUT2D eigenvalue weighted by Crippen LogP contribution is -2.36. The van der Waals surface area contributed by atoms with Gasteiger partial charge in [0.2, 0.25) is 0 Å². The van der Waals surface area contributed by atoms with Crippen LogP contribution in [0.25, 0.3) is 0 Å². The number of hydrogen-bond donors (Lipinski definition) is 1. The largest absolute Gasteiger partial charge is 0.481 e. The van der Waals surface area contributed by atoms with Crippen molar-refractivity contribution in [3.63, 3.8) is 0 Å². The third-order valence-corrected chi connectivity index (χ3v) is 4.80. The highest BCUT2D eigenvalue weighted by atomic mass is 16.4. The Hall–Kier alpha value is -0.570. The molecule has 0 radical (unpaired) electrons. The van der Waals surface area contributed by atoms with E-state index < -0.39 is 11.4 Å². The maximum absolute atomic E-state index is 11.4. The maximum Gasteiger partial charge on any atom is 0.310 e. The molecule has 0 amide bonds. The summed E-state index contributed by atoms with van der Waals surface area (Å²) in [5, 5.41) is 9.36. The molecule has 2 fully saturated rings. The van der Waals surface area contributed by atoms with Crippen molar-refractivity contribution in [3.8, 4) is 0 Å². The minimum atomic E-state index is -0.592. The van der Waals surface area contributed by atoms with Crippen LogP contribution < -0.4 is 0 Å². The number of rotatable bonds is 4. The Labute approximate surface area is 104 Å². The lowest BCUT2D eigenvalue weighted by atomic mass is 9.84. The fourth-order valence-electron chi connectivity index (χ4n) is 3.46. The Morgan fingerprint density at radius 2 is 2.06 bits per heavy atom. The summed E-state index contributed by atoms with van der Waals surface area (Å²) in [4.78, 5) is 13.8. The van der Waals surface area contributed by atoms with Crippen molar-refractivity contribution in [3.05, 3.63) is 0 Å². The lowest BCUT2D eigenvalue weighted by Gasteiger charge is -2.28. The molecule has 1 N–H and O–H groups in total. The standard InChI is InChI=1S/C14H25NO2/c1-2-14(13(16)17)8-9-15(11-14)10-12-6-4-3-5-7-12/h12H,2-11H2,1H3,(H,16,17). The van der Waals surface area contributed by atoms with Crippen molar-refractivity contribution in [1.82, 2.24) is 4.90 Å². The Kier molecular flexibility index (Phi) is 4.08. The third-order valence-electron chi connectivity index (χ3n) is 4.80. The molecule has 98 valence electrons. The molecule has 1 saturated heterocycles. The molecule has 1 heterocycles. The van der Waals surface area contributed by atoms with E-state index >= 15 is 0 Å². The van der Waals surface area contributed by atoms with Crippen LogP contribution in [-0.2, 0) is 4.79 Å². The zero-order chi connectivity index (χ0) is 12.3. The van der Waals surface area contributed by atoms with Gasteiger partial charge in [-0.25, -0.2) is 0 Å². The average molecular weight is 239 g/mol. The normalized spacial score (nSPS) is 31.8. The minimum Gasteiger partial charge on any atom is -0.481 e. The Morgan fingerprint density at radius 3 is 2.59 bits per heavy atom. The maximum atomic E-state index is 11.4. The van der Waals surface area contributed by atoms with E-state index in [1.165, 1.54) is 32.1 Å². The summed E-state index contributed by atoms with van der Waals surface area (Å²) < 4.78 is 0. The number of likely N-dealkylation sites (tertiary alicyclic amines) is 1. The quantitative estimate of drug-likeness (QED) is 0.820. The molecule has 0 bridgehead atoms. The Bertz CT molecular complexity index is 273. The second kappa shape index (κ2) is 5.38. The van der Waals surface area contributed by atoms with E-state index in [9.17, 15) is 9.90 Å². The monoisotopic (exact) mass is 239 g/mol. The zero-order valence-corrected chi connectivity index (χ0v) is 11.0. The molecule has 3 nitrogen and oxygen atoms in total. The average Bonchev–Trinajstić information content (AvgIpc) is 2.75. The molecule has 1 saturated carbocycles. The number of nitrogens with zero attached hydrogens (tertiary/aromatic N) is 1. The van der Waals surface area contributed by atoms with Gasteiger partial charge in [0, 0.05) is 13.1 Å². The van der Waals surface area contributed by atoms with Gasteiger partial charge in [0.05, 0.1) is 5.41 Å². The number of carboxylic acid groups (broad SMARTS) is 1. The molecule has 0 aromatic heterocycles. The molecule has 3 heteroatoms. The van der Waals surface area contributed by atoms with Gasteiger partial charge in [-0.15, -0.1) is 0 Å². The van der Waals surface area contributed by atoms with Gasteiger partial charge in [0.15, 0.2) is 0 Å². The number of carboxylic acids is 1. The van der Waals surface area contributed by atoms with Gasteiger partial charge in [-0.1, -0.05) is 26.2 Å². The smallest absolute Gasteiger partial charge is 0.310 e. The van der Waals surface area contributed by atoms with E-state index in [0.717, 1.165) is 38.4 Å². The minimum absolute atomic E-state index is 0.450. The summed E-state index contributed by atoms with van der Waals surface area (Å²) in [6.45, 7) is 4.90. The molecule has 1 atom stereocenters. The number of aliphatic carboxylic acids is 1. The zero-order valence-electron chi connectivity index (χ0n) is 11.0. The molecular formula is C14H25NO2. The van der Waals surface area contributed by atoms with Crippen molar-refractivity contribution in [1.29, 1.82) is 0 Å². The van der Waals surface area contributed by atoms with Crippen LogP contribution in [0.15, 0.2) is 0 Å². The van der Waals surface area contributed by atoms with Crippen LogP contribution in [0.2, 0.25) is 0 Å². The molecule has 0 aromatic rings.